The molecular weight excluding hydrogens is 183 g/mol. The molecule has 4 heteroatoms. The van der Waals surface area contributed by atoms with Crippen LogP contribution in [-0.2, 0) is 0 Å². The summed E-state index contributed by atoms with van der Waals surface area (Å²) in [6.07, 6.45) is 2.08. The third-order valence-corrected chi connectivity index (χ3v) is 1.94. The number of carbonyl (C=O) groups is 1. The van der Waals surface area contributed by atoms with Crippen LogP contribution in [0.5, 0.6) is 0 Å². The van der Waals surface area contributed by atoms with E-state index in [0.29, 0.717) is 11.8 Å². The molecule has 0 unspecified atom stereocenters. The Kier molecular flexibility index (Phi) is 2.10. The Morgan fingerprint density at radius 2 is 2.21 bits per heavy atom. The van der Waals surface area contributed by atoms with Crippen LogP contribution in [0.2, 0.25) is 0 Å². The molecule has 0 spiro atoms. The molecule has 1 aromatic heterocycles. The molecule has 1 aromatic carbocycles. The van der Waals surface area contributed by atoms with Gasteiger partial charge in [-0.2, -0.15) is 5.10 Å². The number of nitrogens with zero attached hydrogens (tertiary/aromatic N) is 1. The number of aromatic nitrogens is 2. The molecule has 0 atom stereocenters. The molecule has 0 saturated carbocycles. The fraction of sp³-hybridized carbons (Fsp3) is 0. The second-order valence-corrected chi connectivity index (χ2v) is 2.82. The predicted molar refractivity (Wildman–Crippen MR) is 49.4 cm³/mol. The first kappa shape index (κ1) is 8.62. The van der Waals surface area contributed by atoms with Crippen molar-refractivity contribution >= 4 is 6.29 Å². The van der Waals surface area contributed by atoms with Crippen molar-refractivity contribution in [3.8, 4) is 11.3 Å². The molecule has 0 aliphatic carbocycles. The van der Waals surface area contributed by atoms with Gasteiger partial charge in [-0.15, -0.1) is 0 Å². The minimum atomic E-state index is -0.521. The van der Waals surface area contributed by atoms with Crippen molar-refractivity contribution in [3.63, 3.8) is 0 Å². The number of H-pyrrole nitrogens is 1. The van der Waals surface area contributed by atoms with Crippen LogP contribution in [0.1, 0.15) is 10.4 Å². The Morgan fingerprint density at radius 1 is 1.36 bits per heavy atom. The Labute approximate surface area is 79.6 Å². The summed E-state index contributed by atoms with van der Waals surface area (Å²) in [5.41, 5.74) is 1.46. The van der Waals surface area contributed by atoms with Gasteiger partial charge in [-0.3, -0.25) is 9.89 Å². The molecule has 0 aliphatic rings. The first-order valence-corrected chi connectivity index (χ1v) is 4.06. The van der Waals surface area contributed by atoms with Crippen LogP contribution in [0, 0.1) is 5.82 Å². The van der Waals surface area contributed by atoms with Crippen molar-refractivity contribution in [1.82, 2.24) is 10.2 Å². The number of aldehydes is 1. The quantitative estimate of drug-likeness (QED) is 0.736. The second-order valence-electron chi connectivity index (χ2n) is 2.82. The highest BCUT2D eigenvalue weighted by molar-refractivity contribution is 5.76. The number of rotatable bonds is 2. The van der Waals surface area contributed by atoms with E-state index in [0.717, 1.165) is 5.69 Å². The van der Waals surface area contributed by atoms with Gasteiger partial charge in [0.2, 0.25) is 0 Å². The van der Waals surface area contributed by atoms with Gasteiger partial charge in [0.1, 0.15) is 5.82 Å². The lowest BCUT2D eigenvalue weighted by Gasteiger charge is -1.98. The van der Waals surface area contributed by atoms with Crippen LogP contribution < -0.4 is 0 Å². The van der Waals surface area contributed by atoms with Crippen LogP contribution in [0.15, 0.2) is 30.5 Å². The molecule has 2 aromatic rings. The summed E-state index contributed by atoms with van der Waals surface area (Å²) in [6, 6.07) is 6.14. The Hall–Kier alpha value is -1.97. The Bertz CT molecular complexity index is 451. The minimum Gasteiger partial charge on any atom is -0.298 e. The van der Waals surface area contributed by atoms with Gasteiger partial charge in [0.25, 0.3) is 0 Å². The molecule has 0 bridgehead atoms. The normalized spacial score (nSPS) is 10.1. The Morgan fingerprint density at radius 3 is 2.79 bits per heavy atom. The van der Waals surface area contributed by atoms with E-state index in [-0.39, 0.29) is 5.56 Å². The van der Waals surface area contributed by atoms with Crippen LogP contribution in [0.25, 0.3) is 11.3 Å². The monoisotopic (exact) mass is 190 g/mol. The average molecular weight is 190 g/mol. The number of hydrogen-bond donors (Lipinski definition) is 1. The number of nitrogens with one attached hydrogen (secondary N) is 1. The first-order valence-electron chi connectivity index (χ1n) is 4.06. The van der Waals surface area contributed by atoms with Crippen molar-refractivity contribution in [2.45, 2.75) is 0 Å². The molecule has 0 saturated heterocycles. The molecule has 0 radical (unpaired) electrons. The van der Waals surface area contributed by atoms with Gasteiger partial charge >= 0.3 is 0 Å². The molecule has 14 heavy (non-hydrogen) atoms. The highest BCUT2D eigenvalue weighted by atomic mass is 19.1. The predicted octanol–water partition coefficient (Wildman–Crippen LogP) is 2.03. The summed E-state index contributed by atoms with van der Waals surface area (Å²) in [5.74, 6) is -0.521. The summed E-state index contributed by atoms with van der Waals surface area (Å²) in [6.45, 7) is 0. The smallest absolute Gasteiger partial charge is 0.152 e. The summed E-state index contributed by atoms with van der Waals surface area (Å²) in [4.78, 5) is 10.4. The molecule has 2 rings (SSSR count). The minimum absolute atomic E-state index is 0.0632. The van der Waals surface area contributed by atoms with Gasteiger partial charge in [-0.1, -0.05) is 6.07 Å². The van der Waals surface area contributed by atoms with E-state index in [1.54, 1.807) is 18.3 Å². The van der Waals surface area contributed by atoms with Gasteiger partial charge in [0, 0.05) is 11.8 Å². The van der Waals surface area contributed by atoms with E-state index in [4.69, 9.17) is 0 Å². The van der Waals surface area contributed by atoms with Crippen LogP contribution in [0.3, 0.4) is 0 Å². The maximum atomic E-state index is 13.2. The summed E-state index contributed by atoms with van der Waals surface area (Å²) < 4.78 is 13.2. The molecular formula is C10H7FN2O. The van der Waals surface area contributed by atoms with E-state index in [2.05, 4.69) is 10.2 Å². The van der Waals surface area contributed by atoms with Gasteiger partial charge in [-0.25, -0.2) is 4.39 Å². The lowest BCUT2D eigenvalue weighted by molar-refractivity contribution is 0.112. The number of benzene rings is 1. The summed E-state index contributed by atoms with van der Waals surface area (Å²) >= 11 is 0. The van der Waals surface area contributed by atoms with Crippen molar-refractivity contribution in [1.29, 1.82) is 0 Å². The zero-order valence-corrected chi connectivity index (χ0v) is 7.20. The van der Waals surface area contributed by atoms with Crippen LogP contribution >= 0.6 is 0 Å². The van der Waals surface area contributed by atoms with Crippen LogP contribution in [-0.4, -0.2) is 16.5 Å². The van der Waals surface area contributed by atoms with Crippen molar-refractivity contribution in [3.05, 3.63) is 41.8 Å². The number of carbonyl (C=O) groups excluding carboxylic acids is 1. The largest absolute Gasteiger partial charge is 0.298 e. The van der Waals surface area contributed by atoms with Crippen molar-refractivity contribution < 1.29 is 9.18 Å². The van der Waals surface area contributed by atoms with Crippen molar-refractivity contribution in [2.24, 2.45) is 0 Å². The first-order chi connectivity index (χ1) is 6.81. The standard InChI is InChI=1S/C10H7FN2O/c11-9-5-7(1-2-8(9)6-14)10-3-4-12-13-10/h1-6H,(H,12,13). The lowest BCUT2D eigenvalue weighted by Crippen LogP contribution is -1.88. The summed E-state index contributed by atoms with van der Waals surface area (Å²) in [7, 11) is 0. The average Bonchev–Trinajstić information content (AvgIpc) is 2.70. The lowest BCUT2D eigenvalue weighted by atomic mass is 10.1. The molecule has 0 amide bonds. The SMILES string of the molecule is O=Cc1ccc(-c2ccn[nH]2)cc1F. The maximum absolute atomic E-state index is 13.2. The van der Waals surface area contributed by atoms with Crippen LogP contribution in [0.4, 0.5) is 4.39 Å². The number of halogens is 1. The number of hydrogen-bond acceptors (Lipinski definition) is 2. The molecule has 0 aliphatic heterocycles. The number of aromatic amines is 1. The fourth-order valence-corrected chi connectivity index (χ4v) is 1.21. The summed E-state index contributed by atoms with van der Waals surface area (Å²) in [5, 5.41) is 6.47. The molecule has 3 nitrogen and oxygen atoms in total. The fourth-order valence-electron chi connectivity index (χ4n) is 1.21. The molecule has 1 N–H and O–H groups in total. The van der Waals surface area contributed by atoms with Gasteiger partial charge in [0.15, 0.2) is 6.29 Å². The topological polar surface area (TPSA) is 45.8 Å². The zero-order valence-electron chi connectivity index (χ0n) is 7.20. The van der Waals surface area contributed by atoms with Gasteiger partial charge in [-0.05, 0) is 18.2 Å². The molecule has 70 valence electrons. The van der Waals surface area contributed by atoms with E-state index < -0.39 is 5.82 Å². The van der Waals surface area contributed by atoms with E-state index in [1.807, 2.05) is 0 Å². The van der Waals surface area contributed by atoms with E-state index >= 15 is 0 Å². The molecule has 1 heterocycles. The van der Waals surface area contributed by atoms with E-state index in [1.165, 1.54) is 12.1 Å². The van der Waals surface area contributed by atoms with Crippen molar-refractivity contribution in [2.75, 3.05) is 0 Å². The van der Waals surface area contributed by atoms with Gasteiger partial charge in [0.05, 0.1) is 11.3 Å². The van der Waals surface area contributed by atoms with Gasteiger partial charge < -0.3 is 0 Å². The zero-order chi connectivity index (χ0) is 9.97. The second kappa shape index (κ2) is 3.41. The third-order valence-electron chi connectivity index (χ3n) is 1.94. The highest BCUT2D eigenvalue weighted by Crippen LogP contribution is 2.18. The highest BCUT2D eigenvalue weighted by Gasteiger charge is 2.04. The van der Waals surface area contributed by atoms with E-state index in [9.17, 15) is 9.18 Å². The molecule has 0 fully saturated rings. The Balaban J connectivity index is 2.48. The third kappa shape index (κ3) is 1.42. The maximum Gasteiger partial charge on any atom is 0.152 e.